The molecule has 0 radical (unpaired) electrons. The third-order valence-electron chi connectivity index (χ3n) is 10.5. The van der Waals surface area contributed by atoms with E-state index in [0.29, 0.717) is 0 Å². The summed E-state index contributed by atoms with van der Waals surface area (Å²) in [5, 5.41) is 12.1. The number of nitrogens with zero attached hydrogens (tertiary/aromatic N) is 2. The second-order valence-electron chi connectivity index (χ2n) is 13.3. The quantitative estimate of drug-likeness (QED) is 0.178. The van der Waals surface area contributed by atoms with Crippen molar-refractivity contribution < 1.29 is 4.42 Å². The molecule has 3 heterocycles. The van der Waals surface area contributed by atoms with Gasteiger partial charge < -0.3 is 4.42 Å². The van der Waals surface area contributed by atoms with Crippen molar-refractivity contribution in [3.8, 4) is 45.0 Å². The van der Waals surface area contributed by atoms with Crippen molar-refractivity contribution in [2.45, 2.75) is 0 Å². The van der Waals surface area contributed by atoms with Gasteiger partial charge >= 0.3 is 0 Å². The Balaban J connectivity index is 0.997. The van der Waals surface area contributed by atoms with Crippen molar-refractivity contribution in [3.05, 3.63) is 170 Å². The Morgan fingerprint density at radius 1 is 0.373 bits per heavy atom. The normalized spacial score (nSPS) is 11.9. The van der Waals surface area contributed by atoms with E-state index >= 15 is 0 Å². The highest BCUT2D eigenvalue weighted by Crippen LogP contribution is 2.42. The van der Waals surface area contributed by atoms with Gasteiger partial charge in [-0.15, -0.1) is 0 Å². The number of fused-ring (bicyclic) bond motifs is 4. The molecule has 0 aliphatic rings. The fourth-order valence-corrected chi connectivity index (χ4v) is 8.08. The molecule has 11 rings (SSSR count). The van der Waals surface area contributed by atoms with Crippen molar-refractivity contribution in [2.75, 3.05) is 0 Å². The Labute approximate surface area is 293 Å². The van der Waals surface area contributed by atoms with Gasteiger partial charge in [0, 0.05) is 33.7 Å². The maximum Gasteiger partial charge on any atom is 0.135 e. The van der Waals surface area contributed by atoms with E-state index in [1.165, 1.54) is 43.3 Å². The summed E-state index contributed by atoms with van der Waals surface area (Å²) in [5.74, 6) is 1.72. The van der Waals surface area contributed by atoms with Gasteiger partial charge in [0.05, 0.1) is 16.7 Å². The van der Waals surface area contributed by atoms with Crippen LogP contribution in [0.2, 0.25) is 0 Å². The Kier molecular flexibility index (Phi) is 5.96. The van der Waals surface area contributed by atoms with Crippen molar-refractivity contribution in [2.24, 2.45) is 0 Å². The van der Waals surface area contributed by atoms with Crippen molar-refractivity contribution in [1.29, 1.82) is 0 Å². The van der Waals surface area contributed by atoms with Crippen LogP contribution in [0.1, 0.15) is 0 Å². The Hall–Kier alpha value is -6.84. The third-order valence-corrected chi connectivity index (χ3v) is 10.5. The van der Waals surface area contributed by atoms with E-state index in [1.54, 1.807) is 0 Å². The number of pyridine rings is 2. The van der Waals surface area contributed by atoms with Crippen LogP contribution in [-0.4, -0.2) is 9.97 Å². The number of benzene rings is 8. The molecule has 0 amide bonds. The molecule has 11 aromatic rings. The van der Waals surface area contributed by atoms with E-state index in [0.717, 1.165) is 66.7 Å². The van der Waals surface area contributed by atoms with Gasteiger partial charge in [0.15, 0.2) is 0 Å². The van der Waals surface area contributed by atoms with Gasteiger partial charge in [0.2, 0.25) is 0 Å². The van der Waals surface area contributed by atoms with E-state index < -0.39 is 0 Å². The highest BCUT2D eigenvalue weighted by Gasteiger charge is 2.16. The molecule has 0 unspecified atom stereocenters. The van der Waals surface area contributed by atoms with Crippen LogP contribution in [0.4, 0.5) is 0 Å². The Bertz CT molecular complexity index is 3140. The number of hydrogen-bond donors (Lipinski definition) is 0. The lowest BCUT2D eigenvalue weighted by molar-refractivity contribution is 0.598. The molecule has 8 aromatic carbocycles. The Morgan fingerprint density at radius 2 is 1.00 bits per heavy atom. The van der Waals surface area contributed by atoms with Crippen molar-refractivity contribution in [1.82, 2.24) is 9.97 Å². The molecule has 0 spiro atoms. The van der Waals surface area contributed by atoms with Gasteiger partial charge in [0.25, 0.3) is 0 Å². The predicted octanol–water partition coefficient (Wildman–Crippen LogP) is 13.1. The van der Waals surface area contributed by atoms with Crippen LogP contribution in [0.25, 0.3) is 110 Å². The van der Waals surface area contributed by atoms with Gasteiger partial charge in [-0.3, -0.25) is 4.98 Å². The number of rotatable bonds is 4. The van der Waals surface area contributed by atoms with Gasteiger partial charge in [-0.05, 0) is 90.6 Å². The smallest absolute Gasteiger partial charge is 0.135 e. The molecule has 0 bridgehead atoms. The molecule has 3 aromatic heterocycles. The largest absolute Gasteiger partial charge is 0.456 e. The van der Waals surface area contributed by atoms with E-state index in [4.69, 9.17) is 9.40 Å². The summed E-state index contributed by atoms with van der Waals surface area (Å²) >= 11 is 0. The summed E-state index contributed by atoms with van der Waals surface area (Å²) in [6, 6.07) is 58.3. The van der Waals surface area contributed by atoms with Gasteiger partial charge in [-0.25, -0.2) is 4.98 Å². The lowest BCUT2D eigenvalue weighted by Crippen LogP contribution is -1.91. The van der Waals surface area contributed by atoms with E-state index in [9.17, 15) is 0 Å². The topological polar surface area (TPSA) is 38.9 Å². The second-order valence-corrected chi connectivity index (χ2v) is 13.3. The first-order valence-corrected chi connectivity index (χ1v) is 17.3. The number of hydrogen-bond acceptors (Lipinski definition) is 3. The molecule has 3 nitrogen and oxygen atoms in total. The van der Waals surface area contributed by atoms with E-state index in [-0.39, 0.29) is 0 Å². The Morgan fingerprint density at radius 3 is 1.88 bits per heavy atom. The zero-order valence-corrected chi connectivity index (χ0v) is 27.5. The molecular formula is C48H28N2O. The fraction of sp³-hybridized carbons (Fsp3) is 0. The highest BCUT2D eigenvalue weighted by molar-refractivity contribution is 6.25. The summed E-state index contributed by atoms with van der Waals surface area (Å²) in [6.07, 6.45) is 1.84. The monoisotopic (exact) mass is 648 g/mol. The van der Waals surface area contributed by atoms with Crippen LogP contribution in [0.5, 0.6) is 0 Å². The van der Waals surface area contributed by atoms with E-state index in [2.05, 4.69) is 163 Å². The highest BCUT2D eigenvalue weighted by atomic mass is 16.3. The molecule has 0 aliphatic heterocycles. The van der Waals surface area contributed by atoms with E-state index in [1.807, 2.05) is 12.3 Å². The molecule has 0 aliphatic carbocycles. The summed E-state index contributed by atoms with van der Waals surface area (Å²) < 4.78 is 6.65. The minimum atomic E-state index is 0.847. The van der Waals surface area contributed by atoms with Crippen LogP contribution >= 0.6 is 0 Å². The first-order chi connectivity index (χ1) is 25.3. The fourth-order valence-electron chi connectivity index (χ4n) is 8.08. The SMILES string of the molecule is c1cc(-c2ccc(-c3ccc4ccc5cccc6ccc3c4c56)o2)cc(-c2ccc(-c3ccc4ccc5cccnc5c4n3)c3ccccc23)c1. The zero-order valence-electron chi connectivity index (χ0n) is 27.5. The lowest BCUT2D eigenvalue weighted by atomic mass is 9.91. The molecule has 51 heavy (non-hydrogen) atoms. The molecule has 0 N–H and O–H groups in total. The van der Waals surface area contributed by atoms with Crippen LogP contribution < -0.4 is 0 Å². The maximum atomic E-state index is 6.65. The molecule has 0 saturated carbocycles. The molecule has 0 atom stereocenters. The van der Waals surface area contributed by atoms with Crippen LogP contribution in [0.15, 0.2) is 174 Å². The summed E-state index contributed by atoms with van der Waals surface area (Å²) in [4.78, 5) is 9.85. The van der Waals surface area contributed by atoms with Gasteiger partial charge in [0.1, 0.15) is 11.5 Å². The first kappa shape index (κ1) is 28.0. The van der Waals surface area contributed by atoms with Crippen molar-refractivity contribution >= 4 is 64.9 Å². The second kappa shape index (κ2) is 10.8. The zero-order chi connectivity index (χ0) is 33.5. The number of aromatic nitrogens is 2. The number of furan rings is 1. The third kappa shape index (κ3) is 4.32. The van der Waals surface area contributed by atoms with Crippen LogP contribution in [-0.2, 0) is 0 Å². The lowest BCUT2D eigenvalue weighted by Gasteiger charge is -2.13. The average Bonchev–Trinajstić information content (AvgIpc) is 3.70. The average molecular weight is 649 g/mol. The first-order valence-electron chi connectivity index (χ1n) is 17.3. The minimum Gasteiger partial charge on any atom is -0.456 e. The summed E-state index contributed by atoms with van der Waals surface area (Å²) in [5.41, 5.74) is 8.34. The summed E-state index contributed by atoms with van der Waals surface area (Å²) in [6.45, 7) is 0. The molecule has 0 fully saturated rings. The van der Waals surface area contributed by atoms with Crippen LogP contribution in [0, 0.1) is 0 Å². The maximum absolute atomic E-state index is 6.65. The van der Waals surface area contributed by atoms with Gasteiger partial charge in [-0.1, -0.05) is 127 Å². The molecule has 236 valence electrons. The molecule has 0 saturated heterocycles. The predicted molar refractivity (Wildman–Crippen MR) is 212 cm³/mol. The molecule has 3 heteroatoms. The van der Waals surface area contributed by atoms with Crippen molar-refractivity contribution in [3.63, 3.8) is 0 Å². The molecular weight excluding hydrogens is 621 g/mol. The minimum absolute atomic E-state index is 0.847. The van der Waals surface area contributed by atoms with Crippen LogP contribution in [0.3, 0.4) is 0 Å². The standard InChI is InChI=1S/C48H28N2O/c1-2-12-38-37(11-1)36(22-23-39(38)42-24-19-33-16-15-32-10-5-27-49-47(32)48(33)50-42)34-8-4-9-35(28-34)43-25-26-44(51-43)40-20-17-31-14-13-29-6-3-7-30-18-21-41(40)46(31)45(29)30/h1-28H. The van der Waals surface area contributed by atoms with Gasteiger partial charge in [-0.2, -0.15) is 0 Å². The summed E-state index contributed by atoms with van der Waals surface area (Å²) in [7, 11) is 0.